The minimum Gasteiger partial charge on any atom is -0.337 e. The lowest BCUT2D eigenvalue weighted by Gasteiger charge is -2.27. The van der Waals surface area contributed by atoms with Gasteiger partial charge in [0, 0.05) is 71.3 Å². The van der Waals surface area contributed by atoms with E-state index in [1.54, 1.807) is 42.1 Å². The number of aryl methyl sites for hydroxylation is 1. The molecular weight excluding hydrogens is 815 g/mol. The number of carbonyl (C=O) groups excluding carboxylic acids is 3. The van der Waals surface area contributed by atoms with Gasteiger partial charge < -0.3 is 20.5 Å². The van der Waals surface area contributed by atoms with Gasteiger partial charge in [-0.05, 0) is 100 Å². The Morgan fingerprint density at radius 1 is 0.981 bits per heavy atom. The fourth-order valence-electron chi connectivity index (χ4n) is 6.82. The van der Waals surface area contributed by atoms with Gasteiger partial charge in [0.1, 0.15) is 11.5 Å². The number of aromatic nitrogens is 2. The second-order valence-corrected chi connectivity index (χ2v) is 16.5. The number of carbonyl (C=O) groups is 3. The Morgan fingerprint density at radius 3 is 2.44 bits per heavy atom. The summed E-state index contributed by atoms with van der Waals surface area (Å²) in [7, 11) is -2.52. The number of halogens is 1. The number of rotatable bonds is 14. The second-order valence-electron chi connectivity index (χ2n) is 13.7. The summed E-state index contributed by atoms with van der Waals surface area (Å²) in [6, 6.07) is 20.4. The number of unbranched alkanes of at least 4 members (excludes halogenated alkanes) is 2. The van der Waals surface area contributed by atoms with Crippen molar-refractivity contribution in [3.05, 3.63) is 116 Å². The van der Waals surface area contributed by atoms with Crippen molar-refractivity contribution in [2.75, 3.05) is 19.6 Å². The molecule has 282 valence electrons. The Kier molecular flexibility index (Phi) is 12.3. The molecule has 0 bridgehead atoms. The summed E-state index contributed by atoms with van der Waals surface area (Å²) in [4.78, 5) is 48.8. The maximum Gasteiger partial charge on any atom is 0.274 e. The van der Waals surface area contributed by atoms with Crippen molar-refractivity contribution in [2.45, 2.75) is 63.4 Å². The minimum absolute atomic E-state index is 0.0156. The molecule has 1 aliphatic heterocycles. The van der Waals surface area contributed by atoms with Gasteiger partial charge in [0.2, 0.25) is 0 Å². The zero-order chi connectivity index (χ0) is 38.6. The van der Waals surface area contributed by atoms with Gasteiger partial charge in [-0.25, -0.2) is 18.1 Å². The number of hydrogen-bond donors (Lipinski definition) is 3. The zero-order valence-corrected chi connectivity index (χ0v) is 33.7. The van der Waals surface area contributed by atoms with E-state index < -0.39 is 15.9 Å². The molecule has 6 rings (SSSR count). The summed E-state index contributed by atoms with van der Waals surface area (Å²) in [6.45, 7) is 6.35. The smallest absolute Gasteiger partial charge is 0.274 e. The van der Waals surface area contributed by atoms with E-state index in [4.69, 9.17) is 10.7 Å². The fraction of sp³-hybridized carbons (Fsp3) is 0.317. The SMILES string of the molecule is CCCCN(CCCC)C(=O)c1cn(C)c(-c2ccc(C(=O)NS(=O)(=O)c3ccc4cccc(I)c4c3)cc2C(=O)c2cccc3c2CC(CN)NC3)n1. The Balaban J connectivity index is 1.41. The van der Waals surface area contributed by atoms with Gasteiger partial charge in [-0.3, -0.25) is 14.4 Å². The molecule has 0 saturated carbocycles. The average Bonchev–Trinajstić information content (AvgIpc) is 3.57. The lowest BCUT2D eigenvalue weighted by atomic mass is 9.86. The molecule has 54 heavy (non-hydrogen) atoms. The molecule has 0 radical (unpaired) electrons. The Labute approximate surface area is 329 Å². The molecular formula is C41H45IN6O5S. The molecule has 1 aromatic heterocycles. The number of imidazole rings is 1. The highest BCUT2D eigenvalue weighted by atomic mass is 127. The molecule has 4 aromatic carbocycles. The highest BCUT2D eigenvalue weighted by Crippen LogP contribution is 2.31. The van der Waals surface area contributed by atoms with Crippen molar-refractivity contribution in [2.24, 2.45) is 12.8 Å². The Bertz CT molecular complexity index is 2330. The highest BCUT2D eigenvalue weighted by molar-refractivity contribution is 14.1. The maximum absolute atomic E-state index is 14.7. The molecule has 2 amide bonds. The molecule has 1 unspecified atom stereocenters. The zero-order valence-electron chi connectivity index (χ0n) is 30.7. The van der Waals surface area contributed by atoms with Gasteiger partial charge in [-0.2, -0.15) is 0 Å². The number of ketones is 1. The van der Waals surface area contributed by atoms with E-state index in [0.717, 1.165) is 51.2 Å². The van der Waals surface area contributed by atoms with Crippen molar-refractivity contribution in [1.29, 1.82) is 0 Å². The molecule has 2 heterocycles. The van der Waals surface area contributed by atoms with Crippen LogP contribution < -0.4 is 15.8 Å². The molecule has 0 fully saturated rings. The van der Waals surface area contributed by atoms with Crippen molar-refractivity contribution in [3.63, 3.8) is 0 Å². The van der Waals surface area contributed by atoms with Crippen molar-refractivity contribution >= 4 is 61.0 Å². The van der Waals surface area contributed by atoms with Crippen LogP contribution >= 0.6 is 22.6 Å². The number of amides is 2. The topological polar surface area (TPSA) is 156 Å². The van der Waals surface area contributed by atoms with Crippen LogP contribution in [0, 0.1) is 3.57 Å². The quantitative estimate of drug-likeness (QED) is 0.0880. The molecule has 5 aromatic rings. The van der Waals surface area contributed by atoms with Crippen LogP contribution in [0.5, 0.6) is 0 Å². The molecule has 0 aliphatic carbocycles. The van der Waals surface area contributed by atoms with Crippen molar-refractivity contribution < 1.29 is 22.8 Å². The third kappa shape index (κ3) is 8.28. The number of fused-ring (bicyclic) bond motifs is 2. The van der Waals surface area contributed by atoms with Gasteiger partial charge in [-0.15, -0.1) is 0 Å². The number of benzene rings is 4. The predicted octanol–water partition coefficient (Wildman–Crippen LogP) is 6.21. The molecule has 13 heteroatoms. The third-order valence-corrected chi connectivity index (χ3v) is 12.2. The van der Waals surface area contributed by atoms with Crippen LogP contribution in [-0.2, 0) is 30.0 Å². The van der Waals surface area contributed by atoms with Gasteiger partial charge in [0.15, 0.2) is 5.78 Å². The van der Waals surface area contributed by atoms with Crippen LogP contribution in [0.25, 0.3) is 22.2 Å². The minimum atomic E-state index is -4.28. The summed E-state index contributed by atoms with van der Waals surface area (Å²) >= 11 is 2.14. The van der Waals surface area contributed by atoms with E-state index >= 15 is 0 Å². The van der Waals surface area contributed by atoms with Crippen LogP contribution in [0.2, 0.25) is 0 Å². The first-order valence-corrected chi connectivity index (χ1v) is 20.8. The predicted molar refractivity (Wildman–Crippen MR) is 219 cm³/mol. The second kappa shape index (κ2) is 16.9. The number of nitrogens with one attached hydrogen (secondary N) is 2. The van der Waals surface area contributed by atoms with Gasteiger partial charge in [-0.1, -0.05) is 63.1 Å². The lowest BCUT2D eigenvalue weighted by molar-refractivity contribution is 0.0745. The van der Waals surface area contributed by atoms with Gasteiger partial charge in [0.25, 0.3) is 21.8 Å². The first-order valence-electron chi connectivity index (χ1n) is 18.3. The molecule has 0 spiro atoms. The lowest BCUT2D eigenvalue weighted by Crippen LogP contribution is -2.41. The first kappa shape index (κ1) is 39.3. The summed E-state index contributed by atoms with van der Waals surface area (Å²) < 4.78 is 31.9. The Hall–Kier alpha value is -4.44. The van der Waals surface area contributed by atoms with E-state index in [1.165, 1.54) is 18.2 Å². The van der Waals surface area contributed by atoms with E-state index in [2.05, 4.69) is 46.5 Å². The summed E-state index contributed by atoms with van der Waals surface area (Å²) in [5, 5.41) is 5.02. The van der Waals surface area contributed by atoms with Gasteiger partial charge >= 0.3 is 0 Å². The third-order valence-electron chi connectivity index (χ3n) is 9.88. The molecule has 1 atom stereocenters. The average molecular weight is 861 g/mol. The first-order chi connectivity index (χ1) is 25.9. The Morgan fingerprint density at radius 2 is 1.72 bits per heavy atom. The molecule has 0 saturated heterocycles. The van der Waals surface area contributed by atoms with Crippen molar-refractivity contribution in [1.82, 2.24) is 24.5 Å². The molecule has 11 nitrogen and oxygen atoms in total. The summed E-state index contributed by atoms with van der Waals surface area (Å²) in [5.41, 5.74) is 9.09. The summed E-state index contributed by atoms with van der Waals surface area (Å²) in [5.74, 6) is -1.07. The number of nitrogens with two attached hydrogens (primary N) is 1. The van der Waals surface area contributed by atoms with Crippen LogP contribution in [0.4, 0.5) is 0 Å². The van der Waals surface area contributed by atoms with E-state index in [9.17, 15) is 22.8 Å². The normalized spacial score (nSPS) is 14.1. The molecule has 4 N–H and O–H groups in total. The van der Waals surface area contributed by atoms with E-state index in [1.807, 2.05) is 35.2 Å². The van der Waals surface area contributed by atoms with Crippen LogP contribution in [0.3, 0.4) is 0 Å². The largest absolute Gasteiger partial charge is 0.337 e. The van der Waals surface area contributed by atoms with Crippen LogP contribution in [0.1, 0.15) is 87.4 Å². The number of sulfonamides is 1. The summed E-state index contributed by atoms with van der Waals surface area (Å²) in [6.07, 6.45) is 5.84. The monoisotopic (exact) mass is 860 g/mol. The number of nitrogens with zero attached hydrogens (tertiary/aromatic N) is 3. The van der Waals surface area contributed by atoms with E-state index in [-0.39, 0.29) is 39.4 Å². The standard InChI is InChI=1S/C41H45IN6O5S/c1-4-6-18-48(19-7-5-2)41(51)37-25-47(3)39(45-37)32-17-15-27(20-35(32)38(49)31-12-8-11-28-24-44-29(23-43)21-33(28)31)40(50)46-54(52,53)30-16-14-26-10-9-13-36(42)34(26)22-30/h8-17,20,22,25,29,44H,4-7,18-19,21,23-24,43H2,1-3H3,(H,46,50). The highest BCUT2D eigenvalue weighted by Gasteiger charge is 2.28. The maximum atomic E-state index is 14.7. The van der Waals surface area contributed by atoms with Crippen LogP contribution in [-0.4, -0.2) is 66.1 Å². The van der Waals surface area contributed by atoms with E-state index in [0.29, 0.717) is 49.6 Å². The molecule has 1 aliphatic rings. The number of hydrogen-bond acceptors (Lipinski definition) is 8. The van der Waals surface area contributed by atoms with Gasteiger partial charge in [0.05, 0.1) is 4.90 Å². The fourth-order valence-corrected chi connectivity index (χ4v) is 8.50. The van der Waals surface area contributed by atoms with Crippen molar-refractivity contribution in [3.8, 4) is 11.4 Å². The van der Waals surface area contributed by atoms with Crippen LogP contribution in [0.15, 0.2) is 83.9 Å².